The molecule has 0 aliphatic heterocycles. The summed E-state index contributed by atoms with van der Waals surface area (Å²) in [5.74, 6) is 6.98. The van der Waals surface area contributed by atoms with Crippen molar-refractivity contribution in [1.29, 1.82) is 0 Å². The zero-order valence-electron chi connectivity index (χ0n) is 11.1. The molecule has 0 aromatic heterocycles. The average Bonchev–Trinajstić information content (AvgIpc) is 2.35. The van der Waals surface area contributed by atoms with Gasteiger partial charge in [0.15, 0.2) is 0 Å². The van der Waals surface area contributed by atoms with Gasteiger partial charge in [-0.05, 0) is 44.5 Å². The smallest absolute Gasteiger partial charge is 0.121 e. The molecule has 0 aliphatic rings. The molecule has 0 bridgehead atoms. The lowest BCUT2D eigenvalue weighted by Crippen LogP contribution is -2.16. The maximum absolute atomic E-state index is 5.27. The van der Waals surface area contributed by atoms with Crippen LogP contribution >= 0.6 is 0 Å². The second-order valence-corrected chi connectivity index (χ2v) is 4.04. The fourth-order valence-electron chi connectivity index (χ4n) is 1.94. The van der Waals surface area contributed by atoms with Gasteiger partial charge in [0.25, 0.3) is 0 Å². The monoisotopic (exact) mass is 231 g/mol. The molecule has 0 saturated heterocycles. The van der Waals surface area contributed by atoms with E-state index in [1.54, 1.807) is 7.11 Å². The van der Waals surface area contributed by atoms with Crippen LogP contribution in [-0.4, -0.2) is 14.2 Å². The third kappa shape index (κ3) is 3.80. The maximum Gasteiger partial charge on any atom is 0.121 e. The Bertz CT molecular complexity index is 415. The van der Waals surface area contributed by atoms with Gasteiger partial charge in [-0.25, -0.2) is 0 Å². The Morgan fingerprint density at radius 1 is 1.41 bits per heavy atom. The van der Waals surface area contributed by atoms with Crippen molar-refractivity contribution in [2.75, 3.05) is 14.2 Å². The van der Waals surface area contributed by atoms with Crippen molar-refractivity contribution in [3.63, 3.8) is 0 Å². The summed E-state index contributed by atoms with van der Waals surface area (Å²) in [5, 5.41) is 3.33. The first kappa shape index (κ1) is 13.6. The molecule has 1 N–H and O–H groups in total. The number of benzene rings is 1. The summed E-state index contributed by atoms with van der Waals surface area (Å²) in [6, 6.07) is 6.69. The van der Waals surface area contributed by atoms with Gasteiger partial charge in [0.2, 0.25) is 0 Å². The summed E-state index contributed by atoms with van der Waals surface area (Å²) in [6.45, 7) is 3.95. The molecule has 1 aromatic rings. The quantitative estimate of drug-likeness (QED) is 0.786. The van der Waals surface area contributed by atoms with Crippen LogP contribution in [0.4, 0.5) is 0 Å². The molecule has 92 valence electrons. The van der Waals surface area contributed by atoms with E-state index in [0.717, 1.165) is 18.6 Å². The third-order valence-corrected chi connectivity index (χ3v) is 2.90. The molecule has 2 heteroatoms. The lowest BCUT2D eigenvalue weighted by atomic mass is 10.00. The molecule has 0 spiro atoms. The first-order chi connectivity index (χ1) is 8.22. The molecule has 1 atom stereocenters. The number of methoxy groups -OCH3 is 1. The molecule has 0 amide bonds. The van der Waals surface area contributed by atoms with Gasteiger partial charge >= 0.3 is 0 Å². The summed E-state index contributed by atoms with van der Waals surface area (Å²) < 4.78 is 5.27. The first-order valence-corrected chi connectivity index (χ1v) is 5.94. The van der Waals surface area contributed by atoms with Crippen LogP contribution in [0, 0.1) is 18.8 Å². The zero-order chi connectivity index (χ0) is 12.7. The lowest BCUT2D eigenvalue weighted by molar-refractivity contribution is 0.411. The normalized spacial score (nSPS) is 11.5. The Labute approximate surface area is 104 Å². The van der Waals surface area contributed by atoms with Crippen molar-refractivity contribution in [3.05, 3.63) is 29.3 Å². The second-order valence-electron chi connectivity index (χ2n) is 4.04. The van der Waals surface area contributed by atoms with Gasteiger partial charge in [-0.1, -0.05) is 12.1 Å². The van der Waals surface area contributed by atoms with Crippen molar-refractivity contribution in [2.24, 2.45) is 0 Å². The summed E-state index contributed by atoms with van der Waals surface area (Å²) in [5.41, 5.74) is 2.47. The minimum Gasteiger partial charge on any atom is -0.496 e. The largest absolute Gasteiger partial charge is 0.496 e. The highest BCUT2D eigenvalue weighted by atomic mass is 16.5. The molecule has 0 radical (unpaired) electrons. The van der Waals surface area contributed by atoms with Crippen LogP contribution in [0.15, 0.2) is 18.2 Å². The van der Waals surface area contributed by atoms with E-state index >= 15 is 0 Å². The van der Waals surface area contributed by atoms with Gasteiger partial charge in [-0.3, -0.25) is 0 Å². The lowest BCUT2D eigenvalue weighted by Gasteiger charge is -2.17. The summed E-state index contributed by atoms with van der Waals surface area (Å²) in [6.07, 6.45) is 1.95. The molecule has 0 fully saturated rings. The van der Waals surface area contributed by atoms with E-state index in [2.05, 4.69) is 36.2 Å². The van der Waals surface area contributed by atoms with E-state index in [4.69, 9.17) is 4.74 Å². The molecule has 1 rings (SSSR count). The van der Waals surface area contributed by atoms with Crippen LogP contribution in [0.3, 0.4) is 0 Å². The highest BCUT2D eigenvalue weighted by molar-refractivity contribution is 5.37. The Kier molecular flexibility index (Phi) is 5.59. The maximum atomic E-state index is 5.27. The molecule has 1 aromatic carbocycles. The van der Waals surface area contributed by atoms with Crippen molar-refractivity contribution in [3.8, 4) is 17.6 Å². The number of nitrogens with one attached hydrogen (secondary N) is 1. The Balaban J connectivity index is 2.80. The van der Waals surface area contributed by atoms with Crippen LogP contribution in [0.5, 0.6) is 5.75 Å². The number of aryl methyl sites for hydroxylation is 1. The van der Waals surface area contributed by atoms with Crippen molar-refractivity contribution < 1.29 is 4.74 Å². The Morgan fingerprint density at radius 2 is 2.18 bits per heavy atom. The molecule has 0 heterocycles. The SMILES string of the molecule is CC#CCCC(NC)c1ccc(OC)c(C)c1. The predicted molar refractivity (Wildman–Crippen MR) is 72.2 cm³/mol. The van der Waals surface area contributed by atoms with Gasteiger partial charge in [0.05, 0.1) is 7.11 Å². The standard InChI is InChI=1S/C15H21NO/c1-5-6-7-8-14(16-3)13-9-10-15(17-4)12(2)11-13/h9-11,14,16H,7-8H2,1-4H3. The van der Waals surface area contributed by atoms with E-state index < -0.39 is 0 Å². The zero-order valence-corrected chi connectivity index (χ0v) is 11.1. The van der Waals surface area contributed by atoms with Gasteiger partial charge in [0.1, 0.15) is 5.75 Å². The fourth-order valence-corrected chi connectivity index (χ4v) is 1.94. The van der Waals surface area contributed by atoms with E-state index in [1.165, 1.54) is 11.1 Å². The minimum absolute atomic E-state index is 0.362. The molecule has 1 unspecified atom stereocenters. The van der Waals surface area contributed by atoms with Gasteiger partial charge in [-0.15, -0.1) is 11.8 Å². The van der Waals surface area contributed by atoms with Gasteiger partial charge in [-0.2, -0.15) is 0 Å². The van der Waals surface area contributed by atoms with Crippen LogP contribution in [0.2, 0.25) is 0 Å². The highest BCUT2D eigenvalue weighted by Gasteiger charge is 2.09. The Morgan fingerprint density at radius 3 is 2.71 bits per heavy atom. The predicted octanol–water partition coefficient (Wildman–Crippen LogP) is 3.07. The van der Waals surface area contributed by atoms with Crippen LogP contribution in [-0.2, 0) is 0 Å². The molecule has 17 heavy (non-hydrogen) atoms. The molecule has 0 aliphatic carbocycles. The Hall–Kier alpha value is -1.46. The van der Waals surface area contributed by atoms with E-state index in [-0.39, 0.29) is 0 Å². The third-order valence-electron chi connectivity index (χ3n) is 2.90. The minimum atomic E-state index is 0.362. The number of rotatable bonds is 5. The number of ether oxygens (including phenoxy) is 1. The number of hydrogen-bond donors (Lipinski definition) is 1. The number of hydrogen-bond acceptors (Lipinski definition) is 2. The fraction of sp³-hybridized carbons (Fsp3) is 0.467. The summed E-state index contributed by atoms with van der Waals surface area (Å²) in [7, 11) is 3.69. The van der Waals surface area contributed by atoms with Gasteiger partial charge in [0, 0.05) is 12.5 Å². The van der Waals surface area contributed by atoms with Crippen LogP contribution < -0.4 is 10.1 Å². The van der Waals surface area contributed by atoms with Crippen molar-refractivity contribution in [2.45, 2.75) is 32.7 Å². The van der Waals surface area contributed by atoms with E-state index in [9.17, 15) is 0 Å². The molecular weight excluding hydrogens is 210 g/mol. The van der Waals surface area contributed by atoms with Crippen molar-refractivity contribution in [1.82, 2.24) is 5.32 Å². The van der Waals surface area contributed by atoms with Crippen LogP contribution in [0.1, 0.15) is 36.9 Å². The van der Waals surface area contributed by atoms with E-state index in [1.807, 2.05) is 20.0 Å². The summed E-state index contributed by atoms with van der Waals surface area (Å²) in [4.78, 5) is 0. The van der Waals surface area contributed by atoms with Gasteiger partial charge < -0.3 is 10.1 Å². The molecular formula is C15H21NO. The second kappa shape index (κ2) is 6.98. The first-order valence-electron chi connectivity index (χ1n) is 5.94. The molecule has 0 saturated carbocycles. The van der Waals surface area contributed by atoms with Crippen molar-refractivity contribution >= 4 is 0 Å². The van der Waals surface area contributed by atoms with Crippen LogP contribution in [0.25, 0.3) is 0 Å². The highest BCUT2D eigenvalue weighted by Crippen LogP contribution is 2.24. The topological polar surface area (TPSA) is 21.3 Å². The summed E-state index contributed by atoms with van der Waals surface area (Å²) >= 11 is 0. The molecule has 2 nitrogen and oxygen atoms in total. The van der Waals surface area contributed by atoms with E-state index in [0.29, 0.717) is 6.04 Å². The average molecular weight is 231 g/mol.